The molecule has 1 aliphatic heterocycles. The Bertz CT molecular complexity index is 517. The van der Waals surface area contributed by atoms with Gasteiger partial charge in [-0.3, -0.25) is 9.69 Å². The van der Waals surface area contributed by atoms with Crippen LogP contribution in [0, 0.1) is 17.8 Å². The molecule has 3 rings (SSSR count). The molecule has 7 heteroatoms. The first-order valence-corrected chi connectivity index (χ1v) is 10.4. The van der Waals surface area contributed by atoms with Gasteiger partial charge in [-0.2, -0.15) is 0 Å². The van der Waals surface area contributed by atoms with Crippen LogP contribution in [0.25, 0.3) is 0 Å². The van der Waals surface area contributed by atoms with Crippen molar-refractivity contribution in [3.05, 3.63) is 0 Å². The summed E-state index contributed by atoms with van der Waals surface area (Å²) in [7, 11) is 3.57. The van der Waals surface area contributed by atoms with E-state index in [2.05, 4.69) is 34.0 Å². The highest BCUT2D eigenvalue weighted by molar-refractivity contribution is 14.0. The first kappa shape index (κ1) is 22.7. The van der Waals surface area contributed by atoms with Gasteiger partial charge in [0, 0.05) is 52.9 Å². The number of fused-ring (bicyclic) bond motifs is 2. The lowest BCUT2D eigenvalue weighted by Gasteiger charge is -2.42. The van der Waals surface area contributed by atoms with Crippen molar-refractivity contribution >= 4 is 35.8 Å². The molecule has 0 radical (unpaired) electrons. The molecule has 0 aromatic carbocycles. The molecule has 2 saturated carbocycles. The van der Waals surface area contributed by atoms with Gasteiger partial charge in [0.2, 0.25) is 5.91 Å². The average molecular weight is 491 g/mol. The summed E-state index contributed by atoms with van der Waals surface area (Å²) in [6, 6.07) is 0.829. The summed E-state index contributed by atoms with van der Waals surface area (Å²) in [5, 5.41) is 3.48. The summed E-state index contributed by atoms with van der Waals surface area (Å²) >= 11 is 0. The Kier molecular flexibility index (Phi) is 8.65. The van der Waals surface area contributed by atoms with E-state index in [0.717, 1.165) is 56.6 Å². The fourth-order valence-corrected chi connectivity index (χ4v) is 4.77. The van der Waals surface area contributed by atoms with Crippen molar-refractivity contribution in [2.75, 3.05) is 53.4 Å². The van der Waals surface area contributed by atoms with Crippen LogP contribution in [-0.2, 0) is 4.79 Å². The molecule has 2 aliphatic carbocycles. The predicted octanol–water partition coefficient (Wildman–Crippen LogP) is 2.10. The number of rotatable bonds is 5. The molecule has 1 heterocycles. The summed E-state index contributed by atoms with van der Waals surface area (Å²) in [5.74, 6) is 3.47. The number of aliphatic imine (C=N–C) groups is 1. The second-order valence-corrected chi connectivity index (χ2v) is 8.97. The summed E-state index contributed by atoms with van der Waals surface area (Å²) in [5.41, 5.74) is 0. The monoisotopic (exact) mass is 491 g/mol. The molecule has 0 spiro atoms. The lowest BCUT2D eigenvalue weighted by atomic mass is 9.93. The van der Waals surface area contributed by atoms with Crippen LogP contribution in [0.2, 0.25) is 0 Å². The van der Waals surface area contributed by atoms with E-state index < -0.39 is 0 Å². The highest BCUT2D eigenvalue weighted by Crippen LogP contribution is 2.46. The van der Waals surface area contributed by atoms with Crippen molar-refractivity contribution in [3.8, 4) is 0 Å². The van der Waals surface area contributed by atoms with E-state index in [4.69, 9.17) is 0 Å². The van der Waals surface area contributed by atoms with Gasteiger partial charge in [-0.15, -0.1) is 24.0 Å². The van der Waals surface area contributed by atoms with Gasteiger partial charge < -0.3 is 15.1 Å². The predicted molar refractivity (Wildman–Crippen MR) is 122 cm³/mol. The zero-order valence-electron chi connectivity index (χ0n) is 17.5. The van der Waals surface area contributed by atoms with Crippen molar-refractivity contribution in [2.24, 2.45) is 22.7 Å². The first-order chi connectivity index (χ1) is 12.4. The van der Waals surface area contributed by atoms with E-state index in [1.807, 2.05) is 0 Å². The lowest BCUT2D eigenvalue weighted by Crippen LogP contribution is -2.56. The van der Waals surface area contributed by atoms with Gasteiger partial charge in [0.05, 0.1) is 0 Å². The lowest BCUT2D eigenvalue weighted by molar-refractivity contribution is -0.127. The fourth-order valence-electron chi connectivity index (χ4n) is 4.77. The van der Waals surface area contributed by atoms with Crippen molar-refractivity contribution < 1.29 is 4.79 Å². The third-order valence-electron chi connectivity index (χ3n) is 6.31. The molecule has 6 nitrogen and oxygen atoms in total. The third-order valence-corrected chi connectivity index (χ3v) is 6.31. The van der Waals surface area contributed by atoms with E-state index in [-0.39, 0.29) is 36.4 Å². The number of carbonyl (C=O) groups is 1. The standard InChI is InChI=1S/C20H37N5O.HI/c1-15(2)13-21-20(22-14-19(26)23(3)4)25-9-7-24(8-10-25)18-12-16-5-6-17(18)11-16;/h15-18H,5-14H2,1-4H3,(H,21,22);1H. The smallest absolute Gasteiger partial charge is 0.243 e. The topological polar surface area (TPSA) is 51.2 Å². The van der Waals surface area contributed by atoms with Crippen LogP contribution in [0.4, 0.5) is 0 Å². The van der Waals surface area contributed by atoms with Gasteiger partial charge in [0.1, 0.15) is 6.54 Å². The van der Waals surface area contributed by atoms with Crippen LogP contribution in [0.1, 0.15) is 39.5 Å². The van der Waals surface area contributed by atoms with Crippen molar-refractivity contribution in [1.82, 2.24) is 20.0 Å². The molecule has 0 aromatic rings. The molecule has 0 aromatic heterocycles. The van der Waals surface area contributed by atoms with Crippen LogP contribution < -0.4 is 5.32 Å². The average Bonchev–Trinajstić information content (AvgIpc) is 3.25. The molecule has 3 fully saturated rings. The SMILES string of the molecule is CC(C)CNC(=NCC(=O)N(C)C)N1CCN(C2CC3CCC2C3)CC1.I. The van der Waals surface area contributed by atoms with Crippen LogP contribution in [-0.4, -0.2) is 86.0 Å². The highest BCUT2D eigenvalue weighted by atomic mass is 127. The number of nitrogens with one attached hydrogen (secondary N) is 1. The van der Waals surface area contributed by atoms with Crippen molar-refractivity contribution in [1.29, 1.82) is 0 Å². The molecular formula is C20H38IN5O. The van der Waals surface area contributed by atoms with E-state index in [9.17, 15) is 4.79 Å². The second kappa shape index (κ2) is 10.3. The highest BCUT2D eigenvalue weighted by Gasteiger charge is 2.42. The first-order valence-electron chi connectivity index (χ1n) is 10.4. The number of amides is 1. The maximum Gasteiger partial charge on any atom is 0.243 e. The van der Waals surface area contributed by atoms with Crippen LogP contribution >= 0.6 is 24.0 Å². The van der Waals surface area contributed by atoms with Gasteiger partial charge >= 0.3 is 0 Å². The van der Waals surface area contributed by atoms with E-state index >= 15 is 0 Å². The summed E-state index contributed by atoms with van der Waals surface area (Å²) in [4.78, 5) is 23.2. The number of piperazine rings is 1. The molecule has 27 heavy (non-hydrogen) atoms. The van der Waals surface area contributed by atoms with Gasteiger partial charge in [-0.1, -0.05) is 20.3 Å². The normalized spacial score (nSPS) is 28.4. The molecule has 3 unspecified atom stereocenters. The Hall–Kier alpha value is -0.570. The van der Waals surface area contributed by atoms with E-state index in [1.54, 1.807) is 19.0 Å². The molecule has 3 aliphatic rings. The number of guanidine groups is 1. The summed E-state index contributed by atoms with van der Waals surface area (Å²) < 4.78 is 0. The van der Waals surface area contributed by atoms with Crippen LogP contribution in [0.3, 0.4) is 0 Å². The molecule has 3 atom stereocenters. The van der Waals surface area contributed by atoms with Gasteiger partial charge in [-0.25, -0.2) is 4.99 Å². The number of likely N-dealkylation sites (N-methyl/N-ethyl adjacent to an activating group) is 1. The van der Waals surface area contributed by atoms with Gasteiger partial charge in [-0.05, 0) is 37.0 Å². The minimum atomic E-state index is 0. The zero-order chi connectivity index (χ0) is 18.7. The summed E-state index contributed by atoms with van der Waals surface area (Å²) in [6.07, 6.45) is 5.82. The van der Waals surface area contributed by atoms with E-state index in [0.29, 0.717) is 5.92 Å². The molecule has 1 N–H and O–H groups in total. The largest absolute Gasteiger partial charge is 0.356 e. The molecule has 2 bridgehead atoms. The maximum absolute atomic E-state index is 11.9. The minimum absolute atomic E-state index is 0. The van der Waals surface area contributed by atoms with Crippen molar-refractivity contribution in [2.45, 2.75) is 45.6 Å². The molecular weight excluding hydrogens is 453 g/mol. The minimum Gasteiger partial charge on any atom is -0.356 e. The quantitative estimate of drug-likeness (QED) is 0.364. The number of nitrogens with zero attached hydrogens (tertiary/aromatic N) is 4. The Morgan fingerprint density at radius 3 is 2.37 bits per heavy atom. The Morgan fingerprint density at radius 2 is 1.85 bits per heavy atom. The van der Waals surface area contributed by atoms with Crippen molar-refractivity contribution in [3.63, 3.8) is 0 Å². The summed E-state index contributed by atoms with van der Waals surface area (Å²) in [6.45, 7) is 9.77. The number of hydrogen-bond donors (Lipinski definition) is 1. The van der Waals surface area contributed by atoms with E-state index in [1.165, 1.54) is 25.7 Å². The Labute approximate surface area is 182 Å². The van der Waals surface area contributed by atoms with Gasteiger partial charge in [0.25, 0.3) is 0 Å². The van der Waals surface area contributed by atoms with Crippen LogP contribution in [0.15, 0.2) is 4.99 Å². The fraction of sp³-hybridized carbons (Fsp3) is 0.900. The Morgan fingerprint density at radius 1 is 1.15 bits per heavy atom. The zero-order valence-corrected chi connectivity index (χ0v) is 19.8. The molecule has 1 amide bonds. The second-order valence-electron chi connectivity index (χ2n) is 8.97. The van der Waals surface area contributed by atoms with Gasteiger partial charge in [0.15, 0.2) is 5.96 Å². The van der Waals surface area contributed by atoms with Crippen LogP contribution in [0.5, 0.6) is 0 Å². The number of halogens is 1. The molecule has 1 saturated heterocycles. The number of hydrogen-bond acceptors (Lipinski definition) is 3. The molecule has 156 valence electrons. The number of carbonyl (C=O) groups excluding carboxylic acids is 1. The Balaban J connectivity index is 0.00000261. The maximum atomic E-state index is 11.9. The third kappa shape index (κ3) is 5.95.